The van der Waals surface area contributed by atoms with Crippen LogP contribution in [0.3, 0.4) is 0 Å². The van der Waals surface area contributed by atoms with Gasteiger partial charge in [-0.1, -0.05) is 40.5 Å². The molecule has 0 saturated heterocycles. The van der Waals surface area contributed by atoms with Crippen molar-refractivity contribution >= 4 is 12.1 Å². The second-order valence-electron chi connectivity index (χ2n) is 14.3. The zero-order valence-electron chi connectivity index (χ0n) is 25.6. The highest BCUT2D eigenvalue weighted by atomic mass is 16.6. The van der Waals surface area contributed by atoms with Gasteiger partial charge in [0, 0.05) is 18.6 Å². The molecular weight excluding hydrogens is 506 g/mol. The minimum atomic E-state index is -0.679. The Bertz CT molecular complexity index is 879. The minimum Gasteiger partial charge on any atom is -0.481 e. The van der Waals surface area contributed by atoms with Crippen LogP contribution in [0.1, 0.15) is 111 Å². The van der Waals surface area contributed by atoms with Crippen molar-refractivity contribution in [2.75, 3.05) is 26.2 Å². The van der Waals surface area contributed by atoms with Crippen LogP contribution in [0.15, 0.2) is 0 Å². The number of amides is 1. The number of rotatable bonds is 12. The molecule has 0 aromatic rings. The number of aliphatic hydroxyl groups excluding tert-OH is 1. The van der Waals surface area contributed by atoms with Gasteiger partial charge in [-0.2, -0.15) is 0 Å². The summed E-state index contributed by atoms with van der Waals surface area (Å²) in [4.78, 5) is 27.0. The van der Waals surface area contributed by atoms with E-state index in [1.165, 1.54) is 0 Å². The van der Waals surface area contributed by atoms with Crippen molar-refractivity contribution in [1.29, 1.82) is 0 Å². The van der Waals surface area contributed by atoms with E-state index in [4.69, 9.17) is 10.5 Å². The number of fused-ring (bicyclic) bond motifs is 5. The molecule has 4 unspecified atom stereocenters. The summed E-state index contributed by atoms with van der Waals surface area (Å²) in [7, 11) is 0. The lowest BCUT2D eigenvalue weighted by Crippen LogP contribution is -2.66. The molecule has 9 atom stereocenters. The highest BCUT2D eigenvalue weighted by molar-refractivity contribution is 5.72. The van der Waals surface area contributed by atoms with Crippen LogP contribution < -0.4 is 11.1 Å². The van der Waals surface area contributed by atoms with Gasteiger partial charge in [0.25, 0.3) is 0 Å². The molecule has 0 spiro atoms. The maximum absolute atomic E-state index is 12.7. The average Bonchev–Trinajstić information content (AvgIpc) is 3.20. The molecule has 4 fully saturated rings. The Morgan fingerprint density at radius 3 is 2.35 bits per heavy atom. The number of hydrogen-bond acceptors (Lipinski definition) is 6. The van der Waals surface area contributed by atoms with Crippen molar-refractivity contribution in [3.8, 4) is 0 Å². The summed E-state index contributed by atoms with van der Waals surface area (Å²) in [6.45, 7) is 11.7. The molecule has 4 rings (SSSR count). The molecular formula is C32H57N3O5. The standard InChI is InChI=1S/C32H57N3O5/c1-5-7-17-35(18-8-6-2)21-23(36)20-34-29(39)40-24-11-14-30(3)22(19-24)9-10-26-25(30)12-15-31(4)27(28(37)38)13-16-32(26,31)33/h22-27,36H,5-21,33H2,1-4H3,(H,34,39)(H,37,38)/t22?,23?,24?,25-,26-,27?,30+,31-,32-/m1/s1. The summed E-state index contributed by atoms with van der Waals surface area (Å²) < 4.78 is 5.89. The highest BCUT2D eigenvalue weighted by Crippen LogP contribution is 2.68. The number of nitrogens with two attached hydrogens (primary N) is 1. The average molecular weight is 564 g/mol. The van der Waals surface area contributed by atoms with E-state index in [1.54, 1.807) is 0 Å². The second kappa shape index (κ2) is 12.9. The quantitative estimate of drug-likeness (QED) is 0.258. The maximum atomic E-state index is 12.7. The smallest absolute Gasteiger partial charge is 0.407 e. The third-order valence-electron chi connectivity index (χ3n) is 12.1. The largest absolute Gasteiger partial charge is 0.481 e. The lowest BCUT2D eigenvalue weighted by atomic mass is 9.42. The van der Waals surface area contributed by atoms with Crippen LogP contribution in [0.5, 0.6) is 0 Å². The number of nitrogens with one attached hydrogen (secondary N) is 1. The Morgan fingerprint density at radius 1 is 1.00 bits per heavy atom. The molecule has 5 N–H and O–H groups in total. The molecule has 0 radical (unpaired) electrons. The number of carbonyl (C=O) groups excluding carboxylic acids is 1. The van der Waals surface area contributed by atoms with E-state index >= 15 is 0 Å². The lowest BCUT2D eigenvalue weighted by Gasteiger charge is -2.64. The van der Waals surface area contributed by atoms with Crippen LogP contribution in [-0.4, -0.2) is 71.1 Å². The Balaban J connectivity index is 1.28. The third kappa shape index (κ3) is 6.05. The first kappa shape index (κ1) is 31.6. The van der Waals surface area contributed by atoms with Crippen molar-refractivity contribution in [2.24, 2.45) is 40.2 Å². The topological polar surface area (TPSA) is 125 Å². The van der Waals surface area contributed by atoms with Crippen LogP contribution in [0.25, 0.3) is 0 Å². The van der Waals surface area contributed by atoms with Crippen molar-refractivity contribution in [1.82, 2.24) is 10.2 Å². The van der Waals surface area contributed by atoms with Crippen molar-refractivity contribution < 1.29 is 24.5 Å². The molecule has 8 heteroatoms. The van der Waals surface area contributed by atoms with Gasteiger partial charge in [-0.15, -0.1) is 0 Å². The van der Waals surface area contributed by atoms with E-state index in [1.807, 2.05) is 0 Å². The Morgan fingerprint density at radius 2 is 1.70 bits per heavy atom. The summed E-state index contributed by atoms with van der Waals surface area (Å²) in [5.41, 5.74) is 6.66. The minimum absolute atomic E-state index is 0.0964. The molecule has 4 saturated carbocycles. The Hall–Kier alpha value is -1.38. The fourth-order valence-electron chi connectivity index (χ4n) is 9.61. The van der Waals surface area contributed by atoms with Crippen LogP contribution in [0.4, 0.5) is 4.79 Å². The number of carboxylic acids is 1. The summed E-state index contributed by atoms with van der Waals surface area (Å²) in [5, 5.41) is 23.3. The van der Waals surface area contributed by atoms with E-state index in [0.29, 0.717) is 30.7 Å². The third-order valence-corrected chi connectivity index (χ3v) is 12.1. The van der Waals surface area contributed by atoms with Gasteiger partial charge in [0.1, 0.15) is 6.10 Å². The zero-order valence-corrected chi connectivity index (χ0v) is 25.6. The van der Waals surface area contributed by atoms with Crippen LogP contribution in [-0.2, 0) is 9.53 Å². The van der Waals surface area contributed by atoms with E-state index in [-0.39, 0.29) is 29.4 Å². The van der Waals surface area contributed by atoms with Gasteiger partial charge in [0.05, 0.1) is 12.0 Å². The number of aliphatic hydroxyl groups is 1. The normalized spacial score (nSPS) is 39.6. The number of aliphatic carboxylic acids is 1. The molecule has 0 aliphatic heterocycles. The van der Waals surface area contributed by atoms with Crippen molar-refractivity contribution in [2.45, 2.75) is 129 Å². The number of carboxylic acid groups (broad SMARTS) is 1. The Labute approximate surface area is 242 Å². The van der Waals surface area contributed by atoms with Crippen LogP contribution in [0, 0.1) is 34.5 Å². The van der Waals surface area contributed by atoms with E-state index < -0.39 is 23.7 Å². The molecule has 40 heavy (non-hydrogen) atoms. The van der Waals surface area contributed by atoms with Crippen LogP contribution in [0.2, 0.25) is 0 Å². The fraction of sp³-hybridized carbons (Fsp3) is 0.938. The second-order valence-corrected chi connectivity index (χ2v) is 14.3. The highest BCUT2D eigenvalue weighted by Gasteiger charge is 2.67. The number of hydrogen-bond donors (Lipinski definition) is 4. The predicted octanol–water partition coefficient (Wildman–Crippen LogP) is 5.17. The molecule has 0 heterocycles. The van der Waals surface area contributed by atoms with E-state index in [0.717, 1.165) is 90.1 Å². The summed E-state index contributed by atoms with van der Waals surface area (Å²) in [6, 6.07) is 0. The first-order valence-corrected chi connectivity index (χ1v) is 16.3. The SMILES string of the molecule is CCCCN(CCCC)CC(O)CNC(=O)OC1CC[C@@]2(C)C(CC[C@@H]3[C@H]2CC[C@]2(C)C(C(=O)O)CC[C@@]32N)C1. The Kier molecular flexibility index (Phi) is 10.1. The predicted molar refractivity (Wildman–Crippen MR) is 157 cm³/mol. The number of unbranched alkanes of at least 4 members (excludes halogenated alkanes) is 2. The van der Waals surface area contributed by atoms with Gasteiger partial charge in [-0.05, 0) is 112 Å². The fourth-order valence-corrected chi connectivity index (χ4v) is 9.61. The van der Waals surface area contributed by atoms with Crippen LogP contribution >= 0.6 is 0 Å². The van der Waals surface area contributed by atoms with Gasteiger partial charge < -0.3 is 30.9 Å². The van der Waals surface area contributed by atoms with Gasteiger partial charge in [0.2, 0.25) is 0 Å². The lowest BCUT2D eigenvalue weighted by molar-refractivity contribution is -0.157. The van der Waals surface area contributed by atoms with Gasteiger partial charge in [0.15, 0.2) is 0 Å². The molecule has 0 aromatic heterocycles. The molecule has 230 valence electrons. The number of nitrogens with zero attached hydrogens (tertiary/aromatic N) is 1. The number of alkyl carbamates (subject to hydrolysis) is 1. The van der Waals surface area contributed by atoms with Gasteiger partial charge in [-0.25, -0.2) is 4.79 Å². The first-order chi connectivity index (χ1) is 19.0. The maximum Gasteiger partial charge on any atom is 0.407 e. The summed E-state index contributed by atoms with van der Waals surface area (Å²) in [6.07, 6.45) is 11.7. The van der Waals surface area contributed by atoms with E-state index in [2.05, 4.69) is 37.9 Å². The first-order valence-electron chi connectivity index (χ1n) is 16.3. The summed E-state index contributed by atoms with van der Waals surface area (Å²) in [5.74, 6) is 0.350. The van der Waals surface area contributed by atoms with Crippen molar-refractivity contribution in [3.05, 3.63) is 0 Å². The van der Waals surface area contributed by atoms with Gasteiger partial charge in [-0.3, -0.25) is 4.79 Å². The number of carbonyl (C=O) groups is 2. The molecule has 4 aliphatic carbocycles. The zero-order chi connectivity index (χ0) is 29.1. The molecule has 0 aromatic carbocycles. The molecule has 0 bridgehead atoms. The monoisotopic (exact) mass is 563 g/mol. The van der Waals surface area contributed by atoms with Crippen molar-refractivity contribution in [3.63, 3.8) is 0 Å². The number of ether oxygens (including phenoxy) is 1. The van der Waals surface area contributed by atoms with Gasteiger partial charge >= 0.3 is 12.1 Å². The summed E-state index contributed by atoms with van der Waals surface area (Å²) >= 11 is 0. The molecule has 4 aliphatic rings. The molecule has 1 amide bonds. The molecule has 8 nitrogen and oxygen atoms in total. The van der Waals surface area contributed by atoms with E-state index in [9.17, 15) is 19.8 Å².